The van der Waals surface area contributed by atoms with Crippen LogP contribution in [0.3, 0.4) is 0 Å². The standard InChI is InChI=1S/C42H42N4O8/c1-25-37(29-11-7-5-8-12-29)45(41(49)43(25)3)39(47)31(19-27-15-17-33-35(21-27)53-23-51-33)32(20-28-16-18-34-36(22-28)54-24-52-34)40(48)46-38(26(2)44(4)42(46)50)30-13-9-6-10-14-30/h5-18,21-22,25-26,31-32,37-38H,19-20,23-24H2,1-4H3/t25-,26-,31-,32-,37-,38-/m1/s1. The van der Waals surface area contributed by atoms with Gasteiger partial charge in [-0.15, -0.1) is 0 Å². The molecule has 4 aliphatic heterocycles. The molecule has 4 aromatic rings. The van der Waals surface area contributed by atoms with Crippen molar-refractivity contribution in [2.75, 3.05) is 27.7 Å². The highest BCUT2D eigenvalue weighted by Gasteiger charge is 2.53. The molecular formula is C42H42N4O8. The van der Waals surface area contributed by atoms with Crippen LogP contribution in [0, 0.1) is 11.8 Å². The number of amides is 6. The first-order valence-corrected chi connectivity index (χ1v) is 18.2. The molecule has 0 spiro atoms. The van der Waals surface area contributed by atoms with E-state index in [1.807, 2.05) is 98.8 Å². The second-order valence-corrected chi connectivity index (χ2v) is 14.4. The predicted octanol–water partition coefficient (Wildman–Crippen LogP) is 6.21. The van der Waals surface area contributed by atoms with E-state index in [-0.39, 0.29) is 38.5 Å². The lowest BCUT2D eigenvalue weighted by molar-refractivity contribution is -0.144. The third-order valence-corrected chi connectivity index (χ3v) is 11.4. The number of ether oxygens (including phenoxy) is 4. The number of urea groups is 2. The maximum Gasteiger partial charge on any atom is 0.327 e. The van der Waals surface area contributed by atoms with Crippen LogP contribution in [0.5, 0.6) is 23.0 Å². The van der Waals surface area contributed by atoms with E-state index in [0.29, 0.717) is 34.1 Å². The SMILES string of the molecule is C[C@@H]1[C@H](c2ccccc2)N(C(=O)[C@H](Cc2ccc3c(c2)OCO3)[C@@H](Cc2ccc3c(c2)OCO3)C(=O)N2C(=O)N(C)[C@H](C)[C@@H]2c2ccccc2)C(=O)N1C. The van der Waals surface area contributed by atoms with Crippen LogP contribution in [0.15, 0.2) is 97.1 Å². The van der Waals surface area contributed by atoms with Gasteiger partial charge in [0.15, 0.2) is 23.0 Å². The van der Waals surface area contributed by atoms with Crippen LogP contribution in [0.1, 0.15) is 48.2 Å². The minimum absolute atomic E-state index is 0.0707. The van der Waals surface area contributed by atoms with E-state index in [4.69, 9.17) is 18.9 Å². The summed E-state index contributed by atoms with van der Waals surface area (Å²) in [6.07, 6.45) is 0.145. The number of carbonyl (C=O) groups excluding carboxylic acids is 4. The van der Waals surface area contributed by atoms with Crippen molar-refractivity contribution in [1.82, 2.24) is 19.6 Å². The molecule has 2 fully saturated rings. The van der Waals surface area contributed by atoms with Crippen LogP contribution >= 0.6 is 0 Å². The van der Waals surface area contributed by atoms with Crippen LogP contribution in [0.25, 0.3) is 0 Å². The number of rotatable bonds is 9. The fourth-order valence-corrected chi connectivity index (χ4v) is 8.20. The summed E-state index contributed by atoms with van der Waals surface area (Å²) in [6, 6.07) is 26.9. The van der Waals surface area contributed by atoms with Gasteiger partial charge >= 0.3 is 12.1 Å². The molecular weight excluding hydrogens is 688 g/mol. The zero-order valence-electron chi connectivity index (χ0n) is 30.6. The largest absolute Gasteiger partial charge is 0.454 e. The first-order chi connectivity index (χ1) is 26.1. The van der Waals surface area contributed by atoms with Crippen molar-refractivity contribution in [3.8, 4) is 23.0 Å². The summed E-state index contributed by atoms with van der Waals surface area (Å²) < 4.78 is 22.5. The van der Waals surface area contributed by atoms with Gasteiger partial charge < -0.3 is 28.7 Å². The Bertz CT molecular complexity index is 1950. The van der Waals surface area contributed by atoms with Crippen molar-refractivity contribution in [2.45, 2.75) is 50.9 Å². The molecule has 0 aromatic heterocycles. The lowest BCUT2D eigenvalue weighted by Crippen LogP contribution is -2.49. The van der Waals surface area contributed by atoms with Crippen LogP contribution in [-0.4, -0.2) is 83.2 Å². The van der Waals surface area contributed by atoms with E-state index in [0.717, 1.165) is 11.1 Å². The number of imide groups is 2. The predicted molar refractivity (Wildman–Crippen MR) is 197 cm³/mol. The Morgan fingerprint density at radius 1 is 0.574 bits per heavy atom. The average Bonchev–Trinajstić information content (AvgIpc) is 3.96. The van der Waals surface area contributed by atoms with Crippen molar-refractivity contribution < 1.29 is 38.1 Å². The summed E-state index contributed by atoms with van der Waals surface area (Å²) in [7, 11) is 3.37. The maximum absolute atomic E-state index is 15.5. The molecule has 0 saturated carbocycles. The Kier molecular flexibility index (Phi) is 9.12. The molecule has 54 heavy (non-hydrogen) atoms. The number of carbonyl (C=O) groups is 4. The third-order valence-electron chi connectivity index (χ3n) is 11.4. The maximum atomic E-state index is 15.5. The molecule has 4 aliphatic rings. The molecule has 0 N–H and O–H groups in total. The average molecular weight is 731 g/mol. The smallest absolute Gasteiger partial charge is 0.327 e. The van der Waals surface area contributed by atoms with Crippen molar-refractivity contribution in [3.63, 3.8) is 0 Å². The van der Waals surface area contributed by atoms with Crippen molar-refractivity contribution in [1.29, 1.82) is 0 Å². The van der Waals surface area contributed by atoms with Gasteiger partial charge in [0.25, 0.3) is 0 Å². The van der Waals surface area contributed by atoms with Crippen LogP contribution in [-0.2, 0) is 22.4 Å². The van der Waals surface area contributed by atoms with Gasteiger partial charge in [0, 0.05) is 14.1 Å². The lowest BCUT2D eigenvalue weighted by Gasteiger charge is -2.34. The number of benzene rings is 4. The topological polar surface area (TPSA) is 118 Å². The van der Waals surface area contributed by atoms with E-state index < -0.39 is 47.8 Å². The number of nitrogens with zero attached hydrogens (tertiary/aromatic N) is 4. The van der Waals surface area contributed by atoms with E-state index in [2.05, 4.69) is 0 Å². The molecule has 0 unspecified atom stereocenters. The monoisotopic (exact) mass is 730 g/mol. The highest BCUT2D eigenvalue weighted by molar-refractivity contribution is 6.03. The Morgan fingerprint density at radius 3 is 1.33 bits per heavy atom. The Labute approximate surface area is 313 Å². The number of fused-ring (bicyclic) bond motifs is 2. The fourth-order valence-electron chi connectivity index (χ4n) is 8.20. The zero-order valence-corrected chi connectivity index (χ0v) is 30.6. The van der Waals surface area contributed by atoms with Gasteiger partial charge in [-0.2, -0.15) is 0 Å². The molecule has 8 rings (SSSR count). The van der Waals surface area contributed by atoms with E-state index in [1.54, 1.807) is 36.0 Å². The molecule has 12 heteroatoms. The highest BCUT2D eigenvalue weighted by atomic mass is 16.7. The number of hydrogen-bond acceptors (Lipinski definition) is 8. The summed E-state index contributed by atoms with van der Waals surface area (Å²) >= 11 is 0. The van der Waals surface area contributed by atoms with Gasteiger partial charge in [-0.3, -0.25) is 19.4 Å². The molecule has 12 nitrogen and oxygen atoms in total. The molecule has 6 amide bonds. The summed E-state index contributed by atoms with van der Waals surface area (Å²) in [4.78, 5) is 65.1. The minimum atomic E-state index is -1.09. The van der Waals surface area contributed by atoms with E-state index in [9.17, 15) is 9.59 Å². The quantitative estimate of drug-likeness (QED) is 0.200. The van der Waals surface area contributed by atoms with Gasteiger partial charge in [-0.1, -0.05) is 72.8 Å². The van der Waals surface area contributed by atoms with Gasteiger partial charge in [-0.25, -0.2) is 9.59 Å². The summed E-state index contributed by atoms with van der Waals surface area (Å²) in [6.45, 7) is 3.97. The second-order valence-electron chi connectivity index (χ2n) is 14.4. The summed E-state index contributed by atoms with van der Waals surface area (Å²) in [5.41, 5.74) is 3.02. The molecule has 4 heterocycles. The fraction of sp³-hybridized carbons (Fsp3) is 0.333. The van der Waals surface area contributed by atoms with Crippen molar-refractivity contribution in [2.24, 2.45) is 11.8 Å². The van der Waals surface area contributed by atoms with E-state index >= 15 is 9.59 Å². The van der Waals surface area contributed by atoms with Gasteiger partial charge in [0.1, 0.15) is 0 Å². The van der Waals surface area contributed by atoms with Gasteiger partial charge in [-0.05, 0) is 73.2 Å². The number of hydrogen-bond donors (Lipinski definition) is 0. The molecule has 0 aliphatic carbocycles. The van der Waals surface area contributed by atoms with Crippen molar-refractivity contribution >= 4 is 23.9 Å². The van der Waals surface area contributed by atoms with Crippen LogP contribution in [0.4, 0.5) is 9.59 Å². The highest BCUT2D eigenvalue weighted by Crippen LogP contribution is 2.43. The lowest BCUT2D eigenvalue weighted by atomic mass is 9.79. The third kappa shape index (κ3) is 6.05. The molecule has 6 atom stereocenters. The van der Waals surface area contributed by atoms with E-state index in [1.165, 1.54) is 9.80 Å². The first kappa shape index (κ1) is 35.0. The van der Waals surface area contributed by atoms with Crippen molar-refractivity contribution in [3.05, 3.63) is 119 Å². The first-order valence-electron chi connectivity index (χ1n) is 18.2. The normalized spacial score (nSPS) is 22.6. The second kappa shape index (κ2) is 14.1. The van der Waals surface area contributed by atoms with Crippen LogP contribution < -0.4 is 18.9 Å². The minimum Gasteiger partial charge on any atom is -0.454 e. The summed E-state index contributed by atoms with van der Waals surface area (Å²) in [5.74, 6) is -0.995. The molecule has 0 bridgehead atoms. The zero-order chi connectivity index (χ0) is 37.7. The molecule has 4 aromatic carbocycles. The number of likely N-dealkylation sites (N-methyl/N-ethyl adjacent to an activating group) is 2. The Hall–Kier alpha value is -6.04. The molecule has 0 radical (unpaired) electrons. The van der Waals surface area contributed by atoms with Gasteiger partial charge in [0.2, 0.25) is 25.4 Å². The van der Waals surface area contributed by atoms with Gasteiger partial charge in [0.05, 0.1) is 36.0 Å². The molecule has 278 valence electrons. The Balaban J connectivity index is 1.27. The Morgan fingerprint density at radius 2 is 0.944 bits per heavy atom. The molecule has 2 saturated heterocycles. The summed E-state index contributed by atoms with van der Waals surface area (Å²) in [5, 5.41) is 0. The van der Waals surface area contributed by atoms with Crippen LogP contribution in [0.2, 0.25) is 0 Å².